The van der Waals surface area contributed by atoms with Crippen molar-refractivity contribution in [1.82, 2.24) is 4.90 Å². The summed E-state index contributed by atoms with van der Waals surface area (Å²) in [7, 11) is 0. The van der Waals surface area contributed by atoms with Gasteiger partial charge >= 0.3 is 12.4 Å². The van der Waals surface area contributed by atoms with E-state index in [2.05, 4.69) is 0 Å². The number of carbonyl (C=O) groups is 2. The summed E-state index contributed by atoms with van der Waals surface area (Å²) in [4.78, 5) is 22.0. The average Bonchev–Trinajstić information content (AvgIpc) is 2.50. The van der Waals surface area contributed by atoms with E-state index in [1.54, 1.807) is 0 Å². The van der Waals surface area contributed by atoms with Crippen molar-refractivity contribution in [1.29, 1.82) is 0 Å². The molecule has 1 heterocycles. The molecule has 0 aliphatic carbocycles. The fourth-order valence-corrected chi connectivity index (χ4v) is 1.41. The van der Waals surface area contributed by atoms with Crippen LogP contribution in [-0.4, -0.2) is 40.9 Å². The van der Waals surface area contributed by atoms with Gasteiger partial charge in [0.25, 0.3) is 5.91 Å². The van der Waals surface area contributed by atoms with Crippen LogP contribution in [0.4, 0.5) is 8.78 Å². The summed E-state index contributed by atoms with van der Waals surface area (Å²) in [6, 6.07) is -1.07. The van der Waals surface area contributed by atoms with Gasteiger partial charge in [-0.25, -0.2) is 4.79 Å². The molecule has 0 aromatic rings. The number of likely N-dealkylation sites (tertiary alicyclic amines) is 1. The van der Waals surface area contributed by atoms with Gasteiger partial charge in [-0.15, -0.1) is 0 Å². The molecule has 1 amide bonds. The minimum absolute atomic E-state index is 0.111. The lowest BCUT2D eigenvalue weighted by Crippen LogP contribution is -2.43. The molecule has 1 fully saturated rings. The maximum Gasteiger partial charge on any atom is 0.326 e. The Labute approximate surface area is 73.1 Å². The highest BCUT2D eigenvalue weighted by Gasteiger charge is 2.37. The Kier molecular flexibility index (Phi) is 2.79. The number of alkyl halides is 2. The van der Waals surface area contributed by atoms with Gasteiger partial charge in [0.05, 0.1) is 0 Å². The minimum Gasteiger partial charge on any atom is -0.480 e. The molecule has 0 aromatic heterocycles. The molecular weight excluding hydrogens is 184 g/mol. The van der Waals surface area contributed by atoms with Crippen LogP contribution in [0.3, 0.4) is 0 Å². The van der Waals surface area contributed by atoms with E-state index in [9.17, 15) is 18.4 Å². The number of amides is 1. The van der Waals surface area contributed by atoms with Crippen LogP contribution in [0.1, 0.15) is 12.8 Å². The van der Waals surface area contributed by atoms with Gasteiger partial charge in [0, 0.05) is 6.54 Å². The predicted octanol–water partition coefficient (Wildman–Crippen LogP) is 0.327. The first kappa shape index (κ1) is 9.88. The second-order valence-electron chi connectivity index (χ2n) is 2.83. The van der Waals surface area contributed by atoms with Gasteiger partial charge < -0.3 is 10.0 Å². The largest absolute Gasteiger partial charge is 0.480 e. The number of carbonyl (C=O) groups excluding carboxylic acids is 1. The lowest BCUT2D eigenvalue weighted by Gasteiger charge is -2.20. The number of carboxylic acids is 1. The molecule has 0 saturated carbocycles. The highest BCUT2D eigenvalue weighted by atomic mass is 19.3. The summed E-state index contributed by atoms with van der Waals surface area (Å²) in [6.07, 6.45) is -2.39. The van der Waals surface area contributed by atoms with Crippen molar-refractivity contribution in [2.45, 2.75) is 25.3 Å². The third-order valence-corrected chi connectivity index (χ3v) is 2.01. The van der Waals surface area contributed by atoms with Crippen molar-refractivity contribution in [2.24, 2.45) is 0 Å². The normalized spacial score (nSPS) is 22.4. The van der Waals surface area contributed by atoms with E-state index in [1.807, 2.05) is 0 Å². The Hall–Kier alpha value is -1.20. The zero-order valence-electron chi connectivity index (χ0n) is 6.74. The number of aliphatic carboxylic acids is 1. The first-order valence-corrected chi connectivity index (χ1v) is 3.85. The maximum absolute atomic E-state index is 11.9. The van der Waals surface area contributed by atoms with E-state index in [0.717, 1.165) is 4.90 Å². The third-order valence-electron chi connectivity index (χ3n) is 2.01. The number of nitrogens with zero attached hydrogens (tertiary/aromatic N) is 1. The molecule has 1 unspecified atom stereocenters. The molecule has 13 heavy (non-hydrogen) atoms. The minimum atomic E-state index is -3.11. The molecule has 1 aliphatic heterocycles. The number of carboxylic acid groups (broad SMARTS) is 1. The van der Waals surface area contributed by atoms with Crippen molar-refractivity contribution in [3.8, 4) is 0 Å². The number of rotatable bonds is 2. The van der Waals surface area contributed by atoms with Crippen LogP contribution >= 0.6 is 0 Å². The molecule has 1 atom stereocenters. The fourth-order valence-electron chi connectivity index (χ4n) is 1.41. The molecule has 1 aliphatic rings. The van der Waals surface area contributed by atoms with Crippen LogP contribution in [0.25, 0.3) is 0 Å². The SMILES string of the molecule is O=C(O)C1CCCN1C(=O)C(F)F. The topological polar surface area (TPSA) is 57.6 Å². The van der Waals surface area contributed by atoms with E-state index in [4.69, 9.17) is 5.11 Å². The first-order valence-electron chi connectivity index (χ1n) is 3.85. The second kappa shape index (κ2) is 3.68. The van der Waals surface area contributed by atoms with Gasteiger partial charge in [-0.1, -0.05) is 0 Å². The van der Waals surface area contributed by atoms with Crippen LogP contribution in [-0.2, 0) is 9.59 Å². The van der Waals surface area contributed by atoms with Gasteiger partial charge in [0.2, 0.25) is 0 Å². The third kappa shape index (κ3) is 1.93. The fraction of sp³-hybridized carbons (Fsp3) is 0.714. The molecule has 6 heteroatoms. The van der Waals surface area contributed by atoms with E-state index >= 15 is 0 Å². The van der Waals surface area contributed by atoms with Crippen molar-refractivity contribution in [2.75, 3.05) is 6.54 Å². The summed E-state index contributed by atoms with van der Waals surface area (Å²) in [5.74, 6) is -2.60. The average molecular weight is 193 g/mol. The van der Waals surface area contributed by atoms with E-state index in [-0.39, 0.29) is 13.0 Å². The lowest BCUT2D eigenvalue weighted by molar-refractivity contribution is -0.153. The Bertz CT molecular complexity index is 232. The zero-order chi connectivity index (χ0) is 10.0. The van der Waals surface area contributed by atoms with Crippen molar-refractivity contribution in [3.63, 3.8) is 0 Å². The van der Waals surface area contributed by atoms with Crippen LogP contribution in [0.5, 0.6) is 0 Å². The van der Waals surface area contributed by atoms with Gasteiger partial charge in [0.1, 0.15) is 6.04 Å². The Morgan fingerprint density at radius 3 is 2.54 bits per heavy atom. The summed E-state index contributed by atoms with van der Waals surface area (Å²) < 4.78 is 23.9. The summed E-state index contributed by atoms with van der Waals surface area (Å²) in [5, 5.41) is 8.58. The smallest absolute Gasteiger partial charge is 0.326 e. The Morgan fingerprint density at radius 1 is 1.46 bits per heavy atom. The Morgan fingerprint density at radius 2 is 2.08 bits per heavy atom. The van der Waals surface area contributed by atoms with Crippen LogP contribution < -0.4 is 0 Å². The predicted molar refractivity (Wildman–Crippen MR) is 38.4 cm³/mol. The quantitative estimate of drug-likeness (QED) is 0.687. The number of hydrogen-bond acceptors (Lipinski definition) is 2. The molecule has 1 rings (SSSR count). The number of halogens is 2. The second-order valence-corrected chi connectivity index (χ2v) is 2.83. The van der Waals surface area contributed by atoms with Crippen molar-refractivity contribution < 1.29 is 23.5 Å². The summed E-state index contributed by atoms with van der Waals surface area (Å²) in [5.41, 5.74) is 0. The van der Waals surface area contributed by atoms with Crippen molar-refractivity contribution in [3.05, 3.63) is 0 Å². The molecule has 0 bridgehead atoms. The van der Waals surface area contributed by atoms with Crippen LogP contribution in [0, 0.1) is 0 Å². The van der Waals surface area contributed by atoms with Gasteiger partial charge in [-0.2, -0.15) is 8.78 Å². The standard InChI is InChI=1S/C7H9F2NO3/c8-5(9)6(11)10-3-1-2-4(10)7(12)13/h4-5H,1-3H2,(H,12,13). The Balaban J connectivity index is 2.68. The van der Waals surface area contributed by atoms with Crippen LogP contribution in [0.15, 0.2) is 0 Å². The van der Waals surface area contributed by atoms with E-state index in [0.29, 0.717) is 6.42 Å². The molecule has 1 saturated heterocycles. The first-order chi connectivity index (χ1) is 6.04. The molecule has 0 spiro atoms. The monoisotopic (exact) mass is 193 g/mol. The van der Waals surface area contributed by atoms with Gasteiger partial charge in [0.15, 0.2) is 0 Å². The highest BCUT2D eigenvalue weighted by molar-refractivity contribution is 5.86. The summed E-state index contributed by atoms with van der Waals surface area (Å²) in [6.45, 7) is 0.111. The van der Waals surface area contributed by atoms with Gasteiger partial charge in [-0.05, 0) is 12.8 Å². The van der Waals surface area contributed by atoms with Crippen LogP contribution in [0.2, 0.25) is 0 Å². The number of hydrogen-bond donors (Lipinski definition) is 1. The van der Waals surface area contributed by atoms with E-state index < -0.39 is 24.3 Å². The zero-order valence-corrected chi connectivity index (χ0v) is 6.74. The van der Waals surface area contributed by atoms with E-state index in [1.165, 1.54) is 0 Å². The molecule has 74 valence electrons. The lowest BCUT2D eigenvalue weighted by atomic mass is 10.2. The molecule has 0 aromatic carbocycles. The molecule has 4 nitrogen and oxygen atoms in total. The maximum atomic E-state index is 11.9. The van der Waals surface area contributed by atoms with Crippen molar-refractivity contribution >= 4 is 11.9 Å². The molecule has 1 N–H and O–H groups in total. The summed E-state index contributed by atoms with van der Waals surface area (Å²) >= 11 is 0. The van der Waals surface area contributed by atoms with Gasteiger partial charge in [-0.3, -0.25) is 4.79 Å². The molecule has 0 radical (unpaired) electrons. The molecular formula is C7H9F2NO3. The highest BCUT2D eigenvalue weighted by Crippen LogP contribution is 2.19.